The Morgan fingerprint density at radius 1 is 1.38 bits per heavy atom. The van der Waals surface area contributed by atoms with E-state index in [0.717, 1.165) is 30.3 Å². The van der Waals surface area contributed by atoms with E-state index < -0.39 is 0 Å². The lowest BCUT2D eigenvalue weighted by Crippen LogP contribution is -1.99. The van der Waals surface area contributed by atoms with Crippen molar-refractivity contribution in [3.8, 4) is 0 Å². The summed E-state index contributed by atoms with van der Waals surface area (Å²) in [6.45, 7) is 5.97. The predicted molar refractivity (Wildman–Crippen MR) is 67.5 cm³/mol. The van der Waals surface area contributed by atoms with E-state index in [1.807, 2.05) is 25.4 Å². The Hall–Kier alpha value is -1.09. The zero-order valence-electron chi connectivity index (χ0n) is 10.5. The second-order valence-electron chi connectivity index (χ2n) is 4.39. The molecule has 3 nitrogen and oxygen atoms in total. The second kappa shape index (κ2) is 7.23. The van der Waals surface area contributed by atoms with Gasteiger partial charge in [0.05, 0.1) is 6.61 Å². The molecular weight excluding hydrogens is 200 g/mol. The van der Waals surface area contributed by atoms with Gasteiger partial charge in [-0.25, -0.2) is 4.98 Å². The maximum atomic E-state index is 5.58. The molecule has 0 atom stereocenters. The van der Waals surface area contributed by atoms with Gasteiger partial charge in [0.2, 0.25) is 0 Å². The molecule has 1 aromatic rings. The molecule has 0 aliphatic heterocycles. The van der Waals surface area contributed by atoms with Crippen molar-refractivity contribution in [3.63, 3.8) is 0 Å². The zero-order chi connectivity index (χ0) is 11.8. The predicted octanol–water partition coefficient (Wildman–Crippen LogP) is 3.08. The molecule has 0 aliphatic carbocycles. The number of pyridine rings is 1. The largest absolute Gasteiger partial charge is 0.377 e. The first-order chi connectivity index (χ1) is 7.72. The Bertz CT molecular complexity index is 282. The van der Waals surface area contributed by atoms with Gasteiger partial charge < -0.3 is 10.1 Å². The van der Waals surface area contributed by atoms with Crippen molar-refractivity contribution in [2.24, 2.45) is 5.92 Å². The summed E-state index contributed by atoms with van der Waals surface area (Å²) < 4.78 is 5.58. The molecule has 0 amide bonds. The molecule has 0 saturated heterocycles. The molecule has 0 aliphatic rings. The summed E-state index contributed by atoms with van der Waals surface area (Å²) in [5, 5.41) is 2.99. The van der Waals surface area contributed by atoms with Crippen LogP contribution in [0.4, 0.5) is 5.82 Å². The van der Waals surface area contributed by atoms with Gasteiger partial charge >= 0.3 is 0 Å². The molecule has 0 unspecified atom stereocenters. The number of aromatic nitrogens is 1. The Morgan fingerprint density at radius 3 is 2.75 bits per heavy atom. The van der Waals surface area contributed by atoms with Crippen molar-refractivity contribution >= 4 is 5.82 Å². The maximum Gasteiger partial charge on any atom is 0.125 e. The van der Waals surface area contributed by atoms with Gasteiger partial charge in [-0.1, -0.05) is 19.9 Å². The van der Waals surface area contributed by atoms with Crippen molar-refractivity contribution in [3.05, 3.63) is 23.9 Å². The summed E-state index contributed by atoms with van der Waals surface area (Å²) in [6, 6.07) is 4.01. The molecular formula is C13H22N2O. The number of hydrogen-bond acceptors (Lipinski definition) is 3. The lowest BCUT2D eigenvalue weighted by molar-refractivity contribution is 0.114. The summed E-state index contributed by atoms with van der Waals surface area (Å²) in [5.41, 5.74) is 1.13. The van der Waals surface area contributed by atoms with Crippen LogP contribution >= 0.6 is 0 Å². The van der Waals surface area contributed by atoms with Crippen molar-refractivity contribution in [1.82, 2.24) is 4.98 Å². The molecule has 90 valence electrons. The molecule has 1 rings (SSSR count). The van der Waals surface area contributed by atoms with E-state index in [4.69, 9.17) is 4.74 Å². The van der Waals surface area contributed by atoms with Gasteiger partial charge in [-0.05, 0) is 30.4 Å². The minimum atomic E-state index is 0.662. The van der Waals surface area contributed by atoms with E-state index in [2.05, 4.69) is 24.1 Å². The number of hydrogen-bond donors (Lipinski definition) is 1. The molecule has 0 aromatic carbocycles. The highest BCUT2D eigenvalue weighted by Crippen LogP contribution is 2.07. The summed E-state index contributed by atoms with van der Waals surface area (Å²) in [7, 11) is 1.87. The number of anilines is 1. The lowest BCUT2D eigenvalue weighted by atomic mass is 10.1. The van der Waals surface area contributed by atoms with Gasteiger partial charge in [-0.3, -0.25) is 0 Å². The molecule has 3 heteroatoms. The zero-order valence-corrected chi connectivity index (χ0v) is 10.5. The van der Waals surface area contributed by atoms with Crippen molar-refractivity contribution in [1.29, 1.82) is 0 Å². The molecule has 0 fully saturated rings. The average Bonchev–Trinajstić information content (AvgIpc) is 2.29. The van der Waals surface area contributed by atoms with Crippen LogP contribution in [0.25, 0.3) is 0 Å². The Morgan fingerprint density at radius 2 is 2.19 bits per heavy atom. The first-order valence-corrected chi connectivity index (χ1v) is 5.93. The van der Waals surface area contributed by atoms with Crippen LogP contribution in [0.5, 0.6) is 0 Å². The van der Waals surface area contributed by atoms with Gasteiger partial charge in [0, 0.05) is 19.9 Å². The fourth-order valence-electron chi connectivity index (χ4n) is 1.44. The van der Waals surface area contributed by atoms with Crippen LogP contribution in [0.3, 0.4) is 0 Å². The van der Waals surface area contributed by atoms with Crippen LogP contribution in [-0.2, 0) is 11.3 Å². The maximum absolute atomic E-state index is 5.58. The van der Waals surface area contributed by atoms with E-state index in [1.54, 1.807) is 0 Å². The third kappa shape index (κ3) is 5.12. The van der Waals surface area contributed by atoms with Gasteiger partial charge in [0.1, 0.15) is 5.82 Å². The molecule has 0 spiro atoms. The summed E-state index contributed by atoms with van der Waals surface area (Å²) >= 11 is 0. The molecule has 0 saturated carbocycles. The third-order valence-corrected chi connectivity index (χ3v) is 2.42. The van der Waals surface area contributed by atoms with Crippen molar-refractivity contribution in [2.75, 3.05) is 19.0 Å². The second-order valence-corrected chi connectivity index (χ2v) is 4.39. The normalized spacial score (nSPS) is 10.8. The highest BCUT2D eigenvalue weighted by molar-refractivity contribution is 5.34. The van der Waals surface area contributed by atoms with E-state index in [1.165, 1.54) is 6.42 Å². The van der Waals surface area contributed by atoms with Gasteiger partial charge in [0.25, 0.3) is 0 Å². The average molecular weight is 222 g/mol. The van der Waals surface area contributed by atoms with Crippen molar-refractivity contribution < 1.29 is 4.74 Å². The quantitative estimate of drug-likeness (QED) is 0.720. The van der Waals surface area contributed by atoms with Gasteiger partial charge in [0.15, 0.2) is 0 Å². The number of nitrogens with zero attached hydrogens (tertiary/aromatic N) is 1. The van der Waals surface area contributed by atoms with Crippen LogP contribution < -0.4 is 5.32 Å². The van der Waals surface area contributed by atoms with Crippen molar-refractivity contribution in [2.45, 2.75) is 33.3 Å². The van der Waals surface area contributed by atoms with Crippen LogP contribution in [-0.4, -0.2) is 18.6 Å². The monoisotopic (exact) mass is 222 g/mol. The van der Waals surface area contributed by atoms with E-state index in [9.17, 15) is 0 Å². The topological polar surface area (TPSA) is 34.1 Å². The third-order valence-electron chi connectivity index (χ3n) is 2.42. The standard InChI is InChI=1S/C13H22N2O/c1-11(2)5-4-8-16-10-12-6-7-13(14-3)15-9-12/h6-7,9,11H,4-5,8,10H2,1-3H3,(H,14,15). The SMILES string of the molecule is CNc1ccc(COCCCC(C)C)cn1. The fraction of sp³-hybridized carbons (Fsp3) is 0.615. The van der Waals surface area contributed by atoms with E-state index >= 15 is 0 Å². The molecule has 0 radical (unpaired) electrons. The first-order valence-electron chi connectivity index (χ1n) is 5.93. The molecule has 1 aromatic heterocycles. The van der Waals surface area contributed by atoms with Crippen LogP contribution in [0, 0.1) is 5.92 Å². The first kappa shape index (κ1) is 13.0. The minimum Gasteiger partial charge on any atom is -0.377 e. The Kier molecular flexibility index (Phi) is 5.86. The number of nitrogens with one attached hydrogen (secondary N) is 1. The Labute approximate surface area is 98.2 Å². The van der Waals surface area contributed by atoms with E-state index in [0.29, 0.717) is 6.61 Å². The lowest BCUT2D eigenvalue weighted by Gasteiger charge is -2.06. The van der Waals surface area contributed by atoms with Crippen LogP contribution in [0.1, 0.15) is 32.3 Å². The number of rotatable bonds is 7. The van der Waals surface area contributed by atoms with Crippen LogP contribution in [0.2, 0.25) is 0 Å². The molecule has 16 heavy (non-hydrogen) atoms. The smallest absolute Gasteiger partial charge is 0.125 e. The summed E-state index contributed by atoms with van der Waals surface area (Å²) in [4.78, 5) is 4.23. The molecule has 1 N–H and O–H groups in total. The summed E-state index contributed by atoms with van der Waals surface area (Å²) in [5.74, 6) is 1.66. The highest BCUT2D eigenvalue weighted by atomic mass is 16.5. The fourth-order valence-corrected chi connectivity index (χ4v) is 1.44. The summed E-state index contributed by atoms with van der Waals surface area (Å²) in [6.07, 6.45) is 4.23. The Balaban J connectivity index is 2.16. The van der Waals surface area contributed by atoms with Crippen LogP contribution in [0.15, 0.2) is 18.3 Å². The van der Waals surface area contributed by atoms with E-state index in [-0.39, 0.29) is 0 Å². The molecule has 0 bridgehead atoms. The highest BCUT2D eigenvalue weighted by Gasteiger charge is 1.96. The minimum absolute atomic E-state index is 0.662. The molecule has 1 heterocycles. The van der Waals surface area contributed by atoms with Gasteiger partial charge in [-0.2, -0.15) is 0 Å². The van der Waals surface area contributed by atoms with Gasteiger partial charge in [-0.15, -0.1) is 0 Å². The number of ether oxygens (including phenoxy) is 1.